The second-order valence-electron chi connectivity index (χ2n) is 4.64. The summed E-state index contributed by atoms with van der Waals surface area (Å²) in [6, 6.07) is 4.93. The van der Waals surface area contributed by atoms with Crippen LogP contribution in [0.15, 0.2) is 29.2 Å². The Morgan fingerprint density at radius 3 is 2.15 bits per heavy atom. The van der Waals surface area contributed by atoms with Crippen molar-refractivity contribution in [2.45, 2.75) is 29.3 Å². The van der Waals surface area contributed by atoms with Crippen molar-refractivity contribution in [3.8, 4) is 0 Å². The third kappa shape index (κ3) is 3.24. The van der Waals surface area contributed by atoms with Crippen molar-refractivity contribution in [3.05, 3.63) is 24.3 Å². The molecule has 2 N–H and O–H groups in total. The van der Waals surface area contributed by atoms with Gasteiger partial charge in [0.2, 0.25) is 0 Å². The zero-order chi connectivity index (χ0) is 14.8. The van der Waals surface area contributed by atoms with E-state index in [1.165, 1.54) is 12.1 Å². The molecule has 2 rings (SSSR count). The van der Waals surface area contributed by atoms with Crippen molar-refractivity contribution in [1.29, 1.82) is 0 Å². The first-order valence-corrected chi connectivity index (χ1v) is 7.68. The molecule has 0 amide bonds. The van der Waals surface area contributed by atoms with E-state index in [0.29, 0.717) is 5.69 Å². The van der Waals surface area contributed by atoms with E-state index in [0.717, 1.165) is 38.1 Å². The Hall–Kier alpha value is -1.28. The molecule has 0 aromatic heterocycles. The van der Waals surface area contributed by atoms with Gasteiger partial charge < -0.3 is 10.6 Å². The normalized spacial score (nSPS) is 17.9. The van der Waals surface area contributed by atoms with Gasteiger partial charge in [-0.05, 0) is 50.2 Å². The van der Waals surface area contributed by atoms with Crippen LogP contribution in [0.1, 0.15) is 12.8 Å². The van der Waals surface area contributed by atoms with Gasteiger partial charge in [-0.2, -0.15) is 13.2 Å². The molecule has 1 saturated heterocycles. The van der Waals surface area contributed by atoms with Gasteiger partial charge in [0.15, 0.2) is 0 Å². The Kier molecular flexibility index (Phi) is 4.24. The number of anilines is 1. The van der Waals surface area contributed by atoms with Gasteiger partial charge in [-0.25, -0.2) is 8.42 Å². The molecular weight excluding hydrogens is 293 g/mol. The van der Waals surface area contributed by atoms with E-state index in [-0.39, 0.29) is 6.04 Å². The summed E-state index contributed by atoms with van der Waals surface area (Å²) in [6.45, 7) is 1.77. The number of hydrogen-bond acceptors (Lipinski definition) is 4. The van der Waals surface area contributed by atoms with Crippen LogP contribution in [0.25, 0.3) is 0 Å². The summed E-state index contributed by atoms with van der Waals surface area (Å²) < 4.78 is 59.5. The molecule has 4 nitrogen and oxygen atoms in total. The van der Waals surface area contributed by atoms with Crippen LogP contribution >= 0.6 is 0 Å². The van der Waals surface area contributed by atoms with Crippen LogP contribution in [0, 0.1) is 0 Å². The highest BCUT2D eigenvalue weighted by atomic mass is 32.2. The fourth-order valence-electron chi connectivity index (χ4n) is 2.07. The molecule has 0 unspecified atom stereocenters. The Balaban J connectivity index is 2.10. The largest absolute Gasteiger partial charge is 0.501 e. The summed E-state index contributed by atoms with van der Waals surface area (Å²) in [5.74, 6) is 0. The smallest absolute Gasteiger partial charge is 0.382 e. The van der Waals surface area contributed by atoms with Gasteiger partial charge >= 0.3 is 5.51 Å². The molecule has 1 aliphatic rings. The van der Waals surface area contributed by atoms with Crippen molar-refractivity contribution in [3.63, 3.8) is 0 Å². The molecule has 1 aliphatic heterocycles. The van der Waals surface area contributed by atoms with Gasteiger partial charge in [-0.15, -0.1) is 0 Å². The summed E-state index contributed by atoms with van der Waals surface area (Å²) in [6.07, 6.45) is 1.84. The van der Waals surface area contributed by atoms with Crippen LogP contribution in [0.5, 0.6) is 0 Å². The van der Waals surface area contributed by atoms with Crippen LogP contribution in [0.2, 0.25) is 0 Å². The molecule has 0 bridgehead atoms. The summed E-state index contributed by atoms with van der Waals surface area (Å²) >= 11 is 0. The lowest BCUT2D eigenvalue weighted by molar-refractivity contribution is -0.0436. The van der Waals surface area contributed by atoms with Crippen molar-refractivity contribution in [2.24, 2.45) is 0 Å². The quantitative estimate of drug-likeness (QED) is 0.898. The van der Waals surface area contributed by atoms with E-state index < -0.39 is 20.2 Å². The standard InChI is InChI=1S/C12H15F3N2O2S/c13-12(14,15)20(18,19)11-3-1-9(2-4-11)17-10-5-7-16-8-6-10/h1-4,10,16-17H,5-8H2. The number of rotatable bonds is 3. The fourth-order valence-corrected chi connectivity index (χ4v) is 2.83. The average Bonchev–Trinajstić information content (AvgIpc) is 2.39. The Bertz CT molecular complexity index is 549. The van der Waals surface area contributed by atoms with Crippen molar-refractivity contribution >= 4 is 15.5 Å². The van der Waals surface area contributed by atoms with Crippen LogP contribution < -0.4 is 10.6 Å². The van der Waals surface area contributed by atoms with Crippen LogP contribution in [-0.2, 0) is 9.84 Å². The molecule has 0 aliphatic carbocycles. The maximum atomic E-state index is 12.4. The van der Waals surface area contributed by atoms with Crippen LogP contribution in [0.4, 0.5) is 18.9 Å². The highest BCUT2D eigenvalue weighted by Crippen LogP contribution is 2.30. The zero-order valence-electron chi connectivity index (χ0n) is 10.6. The molecule has 112 valence electrons. The molecular formula is C12H15F3N2O2S. The van der Waals surface area contributed by atoms with E-state index in [1.807, 2.05) is 0 Å². The minimum absolute atomic E-state index is 0.251. The summed E-state index contributed by atoms with van der Waals surface area (Å²) in [5, 5.41) is 6.38. The predicted octanol–water partition coefficient (Wildman–Crippen LogP) is 2.14. The van der Waals surface area contributed by atoms with E-state index >= 15 is 0 Å². The van der Waals surface area contributed by atoms with Crippen LogP contribution in [0.3, 0.4) is 0 Å². The first-order chi connectivity index (χ1) is 9.30. The lowest BCUT2D eigenvalue weighted by atomic mass is 10.1. The zero-order valence-corrected chi connectivity index (χ0v) is 11.4. The molecule has 0 saturated carbocycles. The summed E-state index contributed by atoms with van der Waals surface area (Å²) in [7, 11) is -5.26. The third-order valence-corrected chi connectivity index (χ3v) is 4.68. The number of hydrogen-bond donors (Lipinski definition) is 2. The minimum Gasteiger partial charge on any atom is -0.382 e. The molecule has 0 atom stereocenters. The average molecular weight is 308 g/mol. The van der Waals surface area contributed by atoms with E-state index in [1.54, 1.807) is 0 Å². The van der Waals surface area contributed by atoms with Gasteiger partial charge in [0, 0.05) is 11.7 Å². The summed E-state index contributed by atoms with van der Waals surface area (Å²) in [5.41, 5.74) is -4.64. The molecule has 1 heterocycles. The minimum atomic E-state index is -5.27. The lowest BCUT2D eigenvalue weighted by Gasteiger charge is -2.24. The molecule has 8 heteroatoms. The molecule has 0 radical (unpaired) electrons. The van der Waals surface area contributed by atoms with E-state index in [4.69, 9.17) is 0 Å². The highest BCUT2D eigenvalue weighted by molar-refractivity contribution is 7.92. The number of alkyl halides is 3. The third-order valence-electron chi connectivity index (χ3n) is 3.18. The number of benzene rings is 1. The Morgan fingerprint density at radius 2 is 1.65 bits per heavy atom. The van der Waals surface area contributed by atoms with Gasteiger partial charge in [0.25, 0.3) is 9.84 Å². The number of halogens is 3. The topological polar surface area (TPSA) is 58.2 Å². The van der Waals surface area contributed by atoms with Crippen molar-refractivity contribution < 1.29 is 21.6 Å². The maximum absolute atomic E-state index is 12.4. The number of nitrogens with one attached hydrogen (secondary N) is 2. The molecule has 1 aromatic rings. The van der Waals surface area contributed by atoms with Gasteiger partial charge in [-0.1, -0.05) is 0 Å². The maximum Gasteiger partial charge on any atom is 0.501 e. The van der Waals surface area contributed by atoms with Gasteiger partial charge in [-0.3, -0.25) is 0 Å². The Labute approximate surface area is 115 Å². The van der Waals surface area contributed by atoms with Crippen molar-refractivity contribution in [2.75, 3.05) is 18.4 Å². The van der Waals surface area contributed by atoms with Gasteiger partial charge in [0.1, 0.15) is 0 Å². The SMILES string of the molecule is O=S(=O)(c1ccc(NC2CCNCC2)cc1)C(F)(F)F. The van der Waals surface area contributed by atoms with Crippen molar-refractivity contribution in [1.82, 2.24) is 5.32 Å². The molecule has 20 heavy (non-hydrogen) atoms. The first kappa shape index (κ1) is 15.1. The molecule has 1 aromatic carbocycles. The van der Waals surface area contributed by atoms with Crippen LogP contribution in [-0.4, -0.2) is 33.1 Å². The second kappa shape index (κ2) is 5.61. The second-order valence-corrected chi connectivity index (χ2v) is 6.58. The van der Waals surface area contributed by atoms with E-state index in [9.17, 15) is 21.6 Å². The fraction of sp³-hybridized carbons (Fsp3) is 0.500. The van der Waals surface area contributed by atoms with E-state index in [2.05, 4.69) is 10.6 Å². The van der Waals surface area contributed by atoms with Gasteiger partial charge in [0.05, 0.1) is 4.90 Å². The monoisotopic (exact) mass is 308 g/mol. The lowest BCUT2D eigenvalue weighted by Crippen LogP contribution is -2.35. The first-order valence-electron chi connectivity index (χ1n) is 6.19. The highest BCUT2D eigenvalue weighted by Gasteiger charge is 2.46. The molecule has 1 fully saturated rings. The summed E-state index contributed by atoms with van der Waals surface area (Å²) in [4.78, 5) is -0.735. The number of sulfone groups is 1. The Morgan fingerprint density at radius 1 is 1.10 bits per heavy atom. The molecule has 0 spiro atoms. The predicted molar refractivity (Wildman–Crippen MR) is 69.2 cm³/mol. The number of piperidine rings is 1.